The van der Waals surface area contributed by atoms with Crippen LogP contribution < -0.4 is 20.9 Å². The highest BCUT2D eigenvalue weighted by Gasteiger charge is 2.37. The Bertz CT molecular complexity index is 1250. The smallest absolute Gasteiger partial charge is 0.408 e. The highest BCUT2D eigenvalue weighted by Crippen LogP contribution is 2.39. The van der Waals surface area contributed by atoms with Gasteiger partial charge in [0, 0.05) is 35.7 Å². The summed E-state index contributed by atoms with van der Waals surface area (Å²) in [7, 11) is 1.56. The van der Waals surface area contributed by atoms with Crippen LogP contribution in [0.15, 0.2) is 40.2 Å². The van der Waals surface area contributed by atoms with Gasteiger partial charge in [-0.15, -0.1) is 11.8 Å². The number of hydrogen-bond acceptors (Lipinski definition) is 6. The number of ether oxygens (including phenoxy) is 2. The number of carbonyl (C=O) groups excluding carboxylic acids is 2. The van der Waals surface area contributed by atoms with Crippen molar-refractivity contribution in [3.8, 4) is 5.75 Å². The van der Waals surface area contributed by atoms with Crippen molar-refractivity contribution in [2.75, 3.05) is 12.9 Å². The number of methoxy groups -OCH3 is 1. The molecule has 11 heteroatoms. The van der Waals surface area contributed by atoms with Crippen LogP contribution in [0, 0.1) is 0 Å². The van der Waals surface area contributed by atoms with Crippen molar-refractivity contribution < 1.29 is 27.8 Å². The van der Waals surface area contributed by atoms with Crippen LogP contribution in [0.3, 0.4) is 0 Å². The summed E-state index contributed by atoms with van der Waals surface area (Å²) >= 11 is 1.31. The van der Waals surface area contributed by atoms with E-state index in [0.29, 0.717) is 22.0 Å². The van der Waals surface area contributed by atoms with E-state index in [-0.39, 0.29) is 49.4 Å². The molecule has 0 bridgehead atoms. The van der Waals surface area contributed by atoms with Crippen LogP contribution in [0.4, 0.5) is 13.6 Å². The topological polar surface area (TPSA) is 98.7 Å². The van der Waals surface area contributed by atoms with Gasteiger partial charge in [-0.25, -0.2) is 13.6 Å². The Balaban J connectivity index is 1.66. The first-order chi connectivity index (χ1) is 17.8. The molecule has 0 unspecified atom stereocenters. The van der Waals surface area contributed by atoms with Gasteiger partial charge in [0.25, 0.3) is 11.5 Å². The summed E-state index contributed by atoms with van der Waals surface area (Å²) in [6.07, 6.45) is 0.675. The number of halogens is 2. The first kappa shape index (κ1) is 27.9. The second kappa shape index (κ2) is 11.0. The zero-order valence-corrected chi connectivity index (χ0v) is 22.8. The van der Waals surface area contributed by atoms with E-state index < -0.39 is 29.6 Å². The largest absolute Gasteiger partial charge is 0.497 e. The Kier molecular flexibility index (Phi) is 8.06. The third-order valence-electron chi connectivity index (χ3n) is 6.51. The Morgan fingerprint density at radius 3 is 2.39 bits per heavy atom. The van der Waals surface area contributed by atoms with Crippen molar-refractivity contribution in [3.63, 3.8) is 0 Å². The lowest BCUT2D eigenvalue weighted by Crippen LogP contribution is -2.41. The fourth-order valence-corrected chi connectivity index (χ4v) is 5.87. The van der Waals surface area contributed by atoms with Crippen LogP contribution >= 0.6 is 11.8 Å². The molecule has 1 aliphatic carbocycles. The Labute approximate surface area is 224 Å². The van der Waals surface area contributed by atoms with Gasteiger partial charge in [-0.1, -0.05) is 12.1 Å². The average molecular weight is 550 g/mol. The van der Waals surface area contributed by atoms with Gasteiger partial charge < -0.3 is 24.7 Å². The molecule has 8 nitrogen and oxygen atoms in total. The molecule has 38 heavy (non-hydrogen) atoms. The first-order valence-corrected chi connectivity index (χ1v) is 13.5. The summed E-state index contributed by atoms with van der Waals surface area (Å²) in [6, 6.07) is 6.19. The molecule has 2 heterocycles. The van der Waals surface area contributed by atoms with E-state index in [9.17, 15) is 23.2 Å². The molecule has 4 rings (SSSR count). The Morgan fingerprint density at radius 2 is 1.79 bits per heavy atom. The molecular formula is C27H33F2N3O5S. The number of nitrogens with one attached hydrogen (secondary N) is 2. The van der Waals surface area contributed by atoms with E-state index in [1.54, 1.807) is 40.0 Å². The number of fused-ring (bicyclic) bond motifs is 1. The van der Waals surface area contributed by atoms with Crippen molar-refractivity contribution in [1.82, 2.24) is 15.2 Å². The fraction of sp³-hybridized carbons (Fsp3) is 0.519. The van der Waals surface area contributed by atoms with Crippen molar-refractivity contribution in [2.24, 2.45) is 0 Å². The van der Waals surface area contributed by atoms with Gasteiger partial charge >= 0.3 is 6.09 Å². The third-order valence-corrected chi connectivity index (χ3v) is 7.74. The lowest BCUT2D eigenvalue weighted by Gasteiger charge is -2.29. The fourth-order valence-electron chi connectivity index (χ4n) is 4.60. The number of nitrogens with zero attached hydrogens (tertiary/aromatic N) is 1. The van der Waals surface area contributed by atoms with Crippen molar-refractivity contribution in [1.29, 1.82) is 0 Å². The van der Waals surface area contributed by atoms with E-state index in [2.05, 4.69) is 10.6 Å². The number of alkyl carbamates (subject to hydrolysis) is 1. The van der Waals surface area contributed by atoms with Crippen molar-refractivity contribution in [2.45, 2.75) is 81.5 Å². The molecule has 1 atom stereocenters. The monoisotopic (exact) mass is 549 g/mol. The summed E-state index contributed by atoms with van der Waals surface area (Å²) in [6.45, 7) is 5.43. The van der Waals surface area contributed by atoms with Crippen molar-refractivity contribution in [3.05, 3.63) is 57.5 Å². The van der Waals surface area contributed by atoms with Gasteiger partial charge in [0.05, 0.1) is 30.8 Å². The van der Waals surface area contributed by atoms with Crippen LogP contribution in [-0.2, 0) is 11.3 Å². The summed E-state index contributed by atoms with van der Waals surface area (Å²) in [4.78, 5) is 40.0. The minimum absolute atomic E-state index is 0.183. The third kappa shape index (κ3) is 6.67. The maximum Gasteiger partial charge on any atom is 0.408 e. The molecule has 1 aromatic heterocycles. The SMILES string of the molecule is COc1ccc(Cn2cc(C(=O)NC3CCC(F)(F)CC3)c3c(c2=O)[C@@H](NC(=O)OC(C)(C)C)CS3)cc1. The van der Waals surface area contributed by atoms with Crippen LogP contribution in [-0.4, -0.2) is 47.0 Å². The molecule has 0 saturated heterocycles. The van der Waals surface area contributed by atoms with Gasteiger partial charge in [0.2, 0.25) is 5.92 Å². The van der Waals surface area contributed by atoms with Crippen LogP contribution in [0.5, 0.6) is 5.75 Å². The van der Waals surface area contributed by atoms with Gasteiger partial charge in [-0.3, -0.25) is 9.59 Å². The van der Waals surface area contributed by atoms with Gasteiger partial charge in [-0.2, -0.15) is 0 Å². The summed E-state index contributed by atoms with van der Waals surface area (Å²) < 4.78 is 39.3. The Hall–Kier alpha value is -3.08. The number of amides is 2. The highest BCUT2D eigenvalue weighted by atomic mass is 32.2. The van der Waals surface area contributed by atoms with E-state index in [1.807, 2.05) is 12.1 Å². The molecule has 2 N–H and O–H groups in total. The number of pyridine rings is 1. The van der Waals surface area contributed by atoms with E-state index in [4.69, 9.17) is 9.47 Å². The molecule has 2 amide bonds. The zero-order chi connectivity index (χ0) is 27.7. The molecule has 1 aromatic carbocycles. The number of alkyl halides is 2. The summed E-state index contributed by atoms with van der Waals surface area (Å²) in [5.41, 5.74) is 0.374. The number of hydrogen-bond donors (Lipinski definition) is 2. The Morgan fingerprint density at radius 1 is 1.13 bits per heavy atom. The van der Waals surface area contributed by atoms with Gasteiger partial charge in [-0.05, 0) is 51.3 Å². The maximum atomic E-state index is 13.6. The maximum absolute atomic E-state index is 13.6. The predicted octanol–water partition coefficient (Wildman–Crippen LogP) is 4.88. The lowest BCUT2D eigenvalue weighted by molar-refractivity contribution is -0.0399. The van der Waals surface area contributed by atoms with Crippen molar-refractivity contribution >= 4 is 23.8 Å². The number of rotatable bonds is 6. The molecule has 0 spiro atoms. The van der Waals surface area contributed by atoms with Gasteiger partial charge in [0.1, 0.15) is 11.4 Å². The number of benzene rings is 1. The van der Waals surface area contributed by atoms with E-state index >= 15 is 0 Å². The molecule has 2 aromatic rings. The second-order valence-corrected chi connectivity index (χ2v) is 11.7. The molecule has 1 fully saturated rings. The number of carbonyl (C=O) groups is 2. The molecule has 1 saturated carbocycles. The average Bonchev–Trinajstić information content (AvgIpc) is 3.25. The number of thioether (sulfide) groups is 1. The normalized spacial score (nSPS) is 18.9. The van der Waals surface area contributed by atoms with E-state index in [0.717, 1.165) is 5.56 Å². The molecule has 0 radical (unpaired) electrons. The lowest BCUT2D eigenvalue weighted by atomic mass is 9.92. The van der Waals surface area contributed by atoms with Gasteiger partial charge in [0.15, 0.2) is 0 Å². The molecule has 2 aliphatic rings. The standard InChI is InChI=1S/C27H33F2N3O5S/c1-26(2,3)37-25(35)31-20-15-38-22-19(23(33)30-17-9-11-27(28,29)12-10-17)14-32(24(34)21(20)22)13-16-5-7-18(36-4)8-6-16/h5-8,14,17,20H,9-13,15H2,1-4H3,(H,30,33)(H,31,35)/t20-/m0/s1. The van der Waals surface area contributed by atoms with Crippen LogP contribution in [0.2, 0.25) is 0 Å². The summed E-state index contributed by atoms with van der Waals surface area (Å²) in [5.74, 6) is -2.10. The van der Waals surface area contributed by atoms with Crippen LogP contribution in [0.1, 0.15) is 74.0 Å². The minimum atomic E-state index is -2.70. The highest BCUT2D eigenvalue weighted by molar-refractivity contribution is 7.99. The molecule has 1 aliphatic heterocycles. The molecular weight excluding hydrogens is 516 g/mol. The quantitative estimate of drug-likeness (QED) is 0.533. The predicted molar refractivity (Wildman–Crippen MR) is 140 cm³/mol. The molecule has 206 valence electrons. The first-order valence-electron chi connectivity index (χ1n) is 12.6. The summed E-state index contributed by atoms with van der Waals surface area (Å²) in [5, 5.41) is 5.65. The second-order valence-electron chi connectivity index (χ2n) is 10.7. The van der Waals surface area contributed by atoms with E-state index in [1.165, 1.54) is 22.5 Å². The van der Waals surface area contributed by atoms with Crippen LogP contribution in [0.25, 0.3) is 0 Å². The zero-order valence-electron chi connectivity index (χ0n) is 21.9. The number of aromatic nitrogens is 1. The minimum Gasteiger partial charge on any atom is -0.497 e.